The summed E-state index contributed by atoms with van der Waals surface area (Å²) in [4.78, 5) is 0. The van der Waals surface area contributed by atoms with E-state index in [9.17, 15) is 5.11 Å². The summed E-state index contributed by atoms with van der Waals surface area (Å²) < 4.78 is 1.06. The molecule has 1 aliphatic rings. The van der Waals surface area contributed by atoms with Crippen LogP contribution >= 0.6 is 22.6 Å². The molecule has 0 spiro atoms. The molecule has 14 heavy (non-hydrogen) atoms. The maximum atomic E-state index is 9.54. The fourth-order valence-electron chi connectivity index (χ4n) is 1.59. The summed E-state index contributed by atoms with van der Waals surface area (Å²) in [6.45, 7) is 3.96. The first-order valence-corrected chi connectivity index (χ1v) is 5.57. The number of hydrogen-bond donors (Lipinski definition) is 2. The van der Waals surface area contributed by atoms with Crippen molar-refractivity contribution in [3.63, 3.8) is 0 Å². The fraction of sp³-hybridized carbons (Fsp3) is 0.455. The van der Waals surface area contributed by atoms with E-state index in [-0.39, 0.29) is 11.8 Å². The average molecular weight is 303 g/mol. The van der Waals surface area contributed by atoms with Crippen molar-refractivity contribution in [2.75, 3.05) is 0 Å². The Morgan fingerprint density at radius 2 is 2.29 bits per heavy atom. The topological polar surface area (TPSA) is 46.2 Å². The van der Waals surface area contributed by atoms with Crippen LogP contribution in [0.1, 0.15) is 13.8 Å². The van der Waals surface area contributed by atoms with Gasteiger partial charge in [0.2, 0.25) is 0 Å². The lowest BCUT2D eigenvalue weighted by Crippen LogP contribution is -2.21. The van der Waals surface area contributed by atoms with Crippen LogP contribution in [0.15, 0.2) is 20.9 Å². The number of nitrogens with two attached hydrogens (primary N) is 1. The van der Waals surface area contributed by atoms with Crippen LogP contribution in [-0.2, 0) is 0 Å². The Kier molecular flexibility index (Phi) is 3.62. The highest BCUT2D eigenvalue weighted by Gasteiger charge is 2.27. The standard InChI is InChI=1S/C11H14INO/c1-4-10(14)6(2)8-5-9(12)11(13)7(8)3/h1,5-7,10,14H,13H2,2-3H3/t6?,7-,10-/m1/s1. The molecule has 1 rings (SSSR count). The van der Waals surface area contributed by atoms with Crippen LogP contribution in [0, 0.1) is 24.2 Å². The molecule has 0 aliphatic heterocycles. The molecule has 0 radical (unpaired) electrons. The largest absolute Gasteiger partial charge is 0.401 e. The summed E-state index contributed by atoms with van der Waals surface area (Å²) in [6.07, 6.45) is 6.48. The second-order valence-electron chi connectivity index (χ2n) is 3.57. The number of halogens is 1. The van der Waals surface area contributed by atoms with Crippen molar-refractivity contribution in [3.05, 3.63) is 20.9 Å². The van der Waals surface area contributed by atoms with Gasteiger partial charge in [-0.3, -0.25) is 0 Å². The SMILES string of the molecule is C#C[C@@H](O)C(C)C1=CC(I)=C(N)[C@@H]1C. The van der Waals surface area contributed by atoms with Gasteiger partial charge in [0.15, 0.2) is 0 Å². The first-order chi connectivity index (χ1) is 6.49. The predicted octanol–water partition coefficient (Wildman–Crippen LogP) is 1.80. The molecule has 2 nitrogen and oxygen atoms in total. The molecule has 0 bridgehead atoms. The van der Waals surface area contributed by atoms with E-state index in [0.29, 0.717) is 0 Å². The van der Waals surface area contributed by atoms with Gasteiger partial charge in [0, 0.05) is 21.1 Å². The lowest BCUT2D eigenvalue weighted by atomic mass is 9.88. The minimum atomic E-state index is -0.723. The number of terminal acetylenes is 1. The number of allylic oxidation sites excluding steroid dienone is 3. The second-order valence-corrected chi connectivity index (χ2v) is 4.73. The highest BCUT2D eigenvalue weighted by molar-refractivity contribution is 14.1. The van der Waals surface area contributed by atoms with Gasteiger partial charge >= 0.3 is 0 Å². The van der Waals surface area contributed by atoms with Crippen molar-refractivity contribution in [1.29, 1.82) is 0 Å². The van der Waals surface area contributed by atoms with Gasteiger partial charge in [-0.15, -0.1) is 6.42 Å². The zero-order valence-electron chi connectivity index (χ0n) is 8.29. The Morgan fingerprint density at radius 1 is 1.71 bits per heavy atom. The third-order valence-electron chi connectivity index (χ3n) is 2.71. The first-order valence-electron chi connectivity index (χ1n) is 4.49. The highest BCUT2D eigenvalue weighted by Crippen LogP contribution is 2.36. The summed E-state index contributed by atoms with van der Waals surface area (Å²) in [5.41, 5.74) is 7.87. The number of aliphatic hydroxyl groups excluding tert-OH is 1. The third-order valence-corrected chi connectivity index (χ3v) is 3.64. The highest BCUT2D eigenvalue weighted by atomic mass is 127. The van der Waals surface area contributed by atoms with Crippen molar-refractivity contribution in [2.45, 2.75) is 20.0 Å². The number of aliphatic hydroxyl groups is 1. The van der Waals surface area contributed by atoms with Crippen molar-refractivity contribution < 1.29 is 5.11 Å². The molecular weight excluding hydrogens is 289 g/mol. The third kappa shape index (κ3) is 1.96. The molecule has 3 atom stereocenters. The van der Waals surface area contributed by atoms with Gasteiger partial charge in [-0.2, -0.15) is 0 Å². The van der Waals surface area contributed by atoms with E-state index >= 15 is 0 Å². The van der Waals surface area contributed by atoms with Crippen molar-refractivity contribution in [1.82, 2.24) is 0 Å². The van der Waals surface area contributed by atoms with Crippen LogP contribution in [0.2, 0.25) is 0 Å². The summed E-state index contributed by atoms with van der Waals surface area (Å²) in [7, 11) is 0. The van der Waals surface area contributed by atoms with Gasteiger partial charge in [0.05, 0.1) is 0 Å². The molecule has 0 saturated carbocycles. The molecule has 1 unspecified atom stereocenters. The van der Waals surface area contributed by atoms with E-state index in [2.05, 4.69) is 28.5 Å². The minimum Gasteiger partial charge on any atom is -0.401 e. The minimum absolute atomic E-state index is 0.0270. The van der Waals surface area contributed by atoms with E-state index in [1.165, 1.54) is 0 Å². The normalized spacial score (nSPS) is 25.6. The lowest BCUT2D eigenvalue weighted by Gasteiger charge is -2.20. The summed E-state index contributed by atoms with van der Waals surface area (Å²) in [5.74, 6) is 2.51. The fourth-order valence-corrected chi connectivity index (χ4v) is 2.42. The van der Waals surface area contributed by atoms with Gasteiger partial charge in [-0.05, 0) is 28.7 Å². The maximum Gasteiger partial charge on any atom is 0.120 e. The van der Waals surface area contributed by atoms with Gasteiger partial charge in [-0.1, -0.05) is 25.3 Å². The predicted molar refractivity (Wildman–Crippen MR) is 66.5 cm³/mol. The zero-order valence-corrected chi connectivity index (χ0v) is 10.4. The van der Waals surface area contributed by atoms with E-state index in [0.717, 1.165) is 14.8 Å². The Hall–Kier alpha value is -0.470. The second kappa shape index (κ2) is 4.37. The molecular formula is C11H14INO. The van der Waals surface area contributed by atoms with E-state index in [1.54, 1.807) is 0 Å². The first kappa shape index (κ1) is 11.6. The van der Waals surface area contributed by atoms with Gasteiger partial charge in [-0.25, -0.2) is 0 Å². The Morgan fingerprint density at radius 3 is 2.64 bits per heavy atom. The molecule has 76 valence electrons. The van der Waals surface area contributed by atoms with Crippen molar-refractivity contribution in [3.8, 4) is 12.3 Å². The lowest BCUT2D eigenvalue weighted by molar-refractivity contribution is 0.185. The van der Waals surface area contributed by atoms with E-state index < -0.39 is 6.10 Å². The molecule has 1 aliphatic carbocycles. The van der Waals surface area contributed by atoms with Gasteiger partial charge in [0.25, 0.3) is 0 Å². The molecule has 0 fully saturated rings. The van der Waals surface area contributed by atoms with Gasteiger partial charge < -0.3 is 10.8 Å². The van der Waals surface area contributed by atoms with Crippen LogP contribution < -0.4 is 5.73 Å². The number of rotatable bonds is 2. The average Bonchev–Trinajstić information content (AvgIpc) is 2.43. The molecule has 0 aromatic carbocycles. The molecule has 0 aromatic rings. The molecule has 0 saturated heterocycles. The number of hydrogen-bond acceptors (Lipinski definition) is 2. The van der Waals surface area contributed by atoms with E-state index in [1.807, 2.05) is 19.9 Å². The van der Waals surface area contributed by atoms with Crippen LogP contribution in [-0.4, -0.2) is 11.2 Å². The smallest absolute Gasteiger partial charge is 0.120 e. The summed E-state index contributed by atoms with van der Waals surface area (Å²) in [6, 6.07) is 0. The molecule has 3 N–H and O–H groups in total. The van der Waals surface area contributed by atoms with Crippen LogP contribution in [0.3, 0.4) is 0 Å². The van der Waals surface area contributed by atoms with Crippen LogP contribution in [0.25, 0.3) is 0 Å². The van der Waals surface area contributed by atoms with Crippen LogP contribution in [0.4, 0.5) is 0 Å². The Bertz CT molecular complexity index is 338. The quantitative estimate of drug-likeness (QED) is 0.603. The summed E-state index contributed by atoms with van der Waals surface area (Å²) >= 11 is 2.20. The molecule has 3 heteroatoms. The Balaban J connectivity index is 2.86. The Labute approximate surface area is 98.4 Å². The van der Waals surface area contributed by atoms with Crippen molar-refractivity contribution in [2.24, 2.45) is 17.6 Å². The van der Waals surface area contributed by atoms with Crippen molar-refractivity contribution >= 4 is 22.6 Å². The monoisotopic (exact) mass is 303 g/mol. The van der Waals surface area contributed by atoms with Gasteiger partial charge in [0.1, 0.15) is 6.10 Å². The van der Waals surface area contributed by atoms with E-state index in [4.69, 9.17) is 12.2 Å². The molecule has 0 heterocycles. The van der Waals surface area contributed by atoms with Crippen LogP contribution in [0.5, 0.6) is 0 Å². The maximum absolute atomic E-state index is 9.54. The molecule has 0 amide bonds. The zero-order chi connectivity index (χ0) is 10.9. The summed E-state index contributed by atoms with van der Waals surface area (Å²) in [5, 5.41) is 9.54. The molecule has 0 aromatic heterocycles.